The number of fused-ring (bicyclic) bond motifs is 1. The van der Waals surface area contributed by atoms with Gasteiger partial charge in [-0.1, -0.05) is 45.0 Å². The van der Waals surface area contributed by atoms with Gasteiger partial charge in [0.1, 0.15) is 5.82 Å². The molecule has 2 aromatic heterocycles. The highest BCUT2D eigenvalue weighted by Crippen LogP contribution is 2.26. The van der Waals surface area contributed by atoms with Crippen LogP contribution in [0.1, 0.15) is 56.9 Å². The summed E-state index contributed by atoms with van der Waals surface area (Å²) in [4.78, 5) is 36.2. The maximum absolute atomic E-state index is 13.6. The van der Waals surface area contributed by atoms with E-state index in [1.165, 1.54) is 16.8 Å². The summed E-state index contributed by atoms with van der Waals surface area (Å²) in [7, 11) is 0. The van der Waals surface area contributed by atoms with Crippen molar-refractivity contribution in [2.24, 2.45) is 11.3 Å². The first-order valence-corrected chi connectivity index (χ1v) is 13.5. The number of hydrogen-bond donors (Lipinski definition) is 2. The summed E-state index contributed by atoms with van der Waals surface area (Å²) in [6.45, 7) is 7.77. The Kier molecular flexibility index (Phi) is 7.23. The smallest absolute Gasteiger partial charge is 0.277 e. The van der Waals surface area contributed by atoms with Crippen molar-refractivity contribution < 1.29 is 9.18 Å². The van der Waals surface area contributed by atoms with Gasteiger partial charge in [-0.15, -0.1) is 0 Å². The maximum atomic E-state index is 13.6. The van der Waals surface area contributed by atoms with Crippen LogP contribution in [0.15, 0.2) is 53.3 Å². The topological polar surface area (TPSA) is 86.8 Å². The van der Waals surface area contributed by atoms with E-state index in [9.17, 15) is 14.0 Å². The van der Waals surface area contributed by atoms with Gasteiger partial charge >= 0.3 is 0 Å². The van der Waals surface area contributed by atoms with Crippen molar-refractivity contribution in [3.05, 3.63) is 81.5 Å². The molecule has 0 aliphatic carbocycles. The zero-order chi connectivity index (χ0) is 26.9. The van der Waals surface area contributed by atoms with E-state index in [-0.39, 0.29) is 22.7 Å². The van der Waals surface area contributed by atoms with Crippen molar-refractivity contribution >= 4 is 16.9 Å². The van der Waals surface area contributed by atoms with Gasteiger partial charge in [0, 0.05) is 30.8 Å². The minimum Gasteiger partial charge on any atom is -0.343 e. The van der Waals surface area contributed by atoms with Gasteiger partial charge in [-0.05, 0) is 73.3 Å². The Labute approximate surface area is 222 Å². The Bertz CT molecular complexity index is 1430. The highest BCUT2D eigenvalue weighted by molar-refractivity contribution is 5.77. The number of para-hydroxylation sites is 2. The molecule has 1 aliphatic heterocycles. The summed E-state index contributed by atoms with van der Waals surface area (Å²) in [5, 5.41) is 3.35. The fraction of sp³-hybridized carbons (Fsp3) is 0.433. The van der Waals surface area contributed by atoms with Crippen LogP contribution >= 0.6 is 0 Å². The van der Waals surface area contributed by atoms with Crippen LogP contribution < -0.4 is 5.56 Å². The summed E-state index contributed by atoms with van der Waals surface area (Å²) in [6.07, 6.45) is 4.30. The average molecular weight is 518 g/mol. The molecule has 1 aliphatic rings. The summed E-state index contributed by atoms with van der Waals surface area (Å²) in [5.74, 6) is 0.796. The highest BCUT2D eigenvalue weighted by Gasteiger charge is 2.27. The number of likely N-dealkylation sites (tertiary alicyclic amines) is 1. The van der Waals surface area contributed by atoms with Crippen LogP contribution in [0, 0.1) is 17.2 Å². The van der Waals surface area contributed by atoms with E-state index in [0.717, 1.165) is 60.2 Å². The van der Waals surface area contributed by atoms with E-state index >= 15 is 0 Å². The molecule has 1 amide bonds. The minimum atomic E-state index is -0.268. The molecule has 5 rings (SSSR count). The maximum Gasteiger partial charge on any atom is 0.277 e. The molecule has 1 saturated heterocycles. The Morgan fingerprint density at radius 2 is 1.76 bits per heavy atom. The third-order valence-electron chi connectivity index (χ3n) is 7.38. The lowest BCUT2D eigenvalue weighted by atomic mass is 9.88. The van der Waals surface area contributed by atoms with E-state index in [0.29, 0.717) is 31.1 Å². The van der Waals surface area contributed by atoms with Gasteiger partial charge in [0.25, 0.3) is 5.56 Å². The average Bonchev–Trinajstić information content (AvgIpc) is 3.44. The number of halogens is 1. The Hall–Kier alpha value is -3.68. The molecule has 0 radical (unpaired) electrons. The molecule has 0 spiro atoms. The molecule has 7 nitrogen and oxygen atoms in total. The molecule has 4 aromatic rings. The molecule has 8 heteroatoms. The molecule has 200 valence electrons. The normalized spacial score (nSPS) is 14.9. The van der Waals surface area contributed by atoms with Gasteiger partial charge in [-0.3, -0.25) is 14.7 Å². The second-order valence-corrected chi connectivity index (χ2v) is 11.7. The highest BCUT2D eigenvalue weighted by atomic mass is 19.1. The number of aromatic amines is 2. The Morgan fingerprint density at radius 3 is 2.45 bits per heavy atom. The SMILES string of the molecule is CC(C)(C)CC(=O)N1CCC(Cc2[nH]n(-c3nc4ccccc4[nH]3)c(=O)c2CCc2ccc(F)cc2)CC1. The molecule has 2 aromatic carbocycles. The van der Waals surface area contributed by atoms with Crippen LogP contribution in [0.3, 0.4) is 0 Å². The van der Waals surface area contributed by atoms with Crippen molar-refractivity contribution in [3.8, 4) is 5.95 Å². The predicted molar refractivity (Wildman–Crippen MR) is 147 cm³/mol. The number of carbonyl (C=O) groups excluding carboxylic acids is 1. The van der Waals surface area contributed by atoms with Crippen LogP contribution in [0.5, 0.6) is 0 Å². The number of hydrogen-bond acceptors (Lipinski definition) is 3. The van der Waals surface area contributed by atoms with E-state index in [2.05, 4.69) is 35.8 Å². The van der Waals surface area contributed by atoms with Gasteiger partial charge in [0.05, 0.1) is 11.0 Å². The predicted octanol–water partition coefficient (Wildman–Crippen LogP) is 5.18. The number of nitrogens with one attached hydrogen (secondary N) is 2. The molecule has 0 atom stereocenters. The Balaban J connectivity index is 1.36. The molecule has 0 bridgehead atoms. The quantitative estimate of drug-likeness (QED) is 0.354. The molecule has 0 saturated carbocycles. The zero-order valence-electron chi connectivity index (χ0n) is 22.4. The molecule has 3 heterocycles. The van der Waals surface area contributed by atoms with Gasteiger partial charge in [0.2, 0.25) is 11.9 Å². The minimum absolute atomic E-state index is 0.0214. The first kappa shape index (κ1) is 25.9. The summed E-state index contributed by atoms with van der Waals surface area (Å²) >= 11 is 0. The molecule has 38 heavy (non-hydrogen) atoms. The number of rotatable bonds is 7. The Morgan fingerprint density at radius 1 is 1.05 bits per heavy atom. The first-order valence-electron chi connectivity index (χ1n) is 13.5. The fourth-order valence-electron chi connectivity index (χ4n) is 5.30. The van der Waals surface area contributed by atoms with Crippen molar-refractivity contribution in [1.29, 1.82) is 0 Å². The van der Waals surface area contributed by atoms with Crippen LogP contribution in [0.4, 0.5) is 4.39 Å². The second kappa shape index (κ2) is 10.6. The first-order chi connectivity index (χ1) is 18.2. The van der Waals surface area contributed by atoms with E-state index in [4.69, 9.17) is 0 Å². The number of benzene rings is 2. The summed E-state index contributed by atoms with van der Waals surface area (Å²) in [5.41, 5.74) is 4.17. The van der Waals surface area contributed by atoms with Gasteiger partial charge in [-0.2, -0.15) is 4.68 Å². The molecular weight excluding hydrogens is 481 g/mol. The number of nitrogens with zero attached hydrogens (tertiary/aromatic N) is 3. The molecule has 0 unspecified atom stereocenters. The standard InChI is InChI=1S/C30H36FN5O2/c1-30(2,3)19-27(37)35-16-14-21(15-17-35)18-26-23(13-10-20-8-11-22(31)12-9-20)28(38)36(34-26)29-32-24-6-4-5-7-25(24)33-29/h4-9,11-12,21,34H,10,13-19H2,1-3H3,(H,32,33). The fourth-order valence-corrected chi connectivity index (χ4v) is 5.30. The van der Waals surface area contributed by atoms with Gasteiger partial charge < -0.3 is 9.88 Å². The van der Waals surface area contributed by atoms with E-state index in [1.54, 1.807) is 12.1 Å². The van der Waals surface area contributed by atoms with Crippen LogP contribution in [0.2, 0.25) is 0 Å². The van der Waals surface area contributed by atoms with Crippen LogP contribution in [-0.4, -0.2) is 43.6 Å². The third kappa shape index (κ3) is 5.90. The van der Waals surface area contributed by atoms with Gasteiger partial charge in [0.15, 0.2) is 0 Å². The van der Waals surface area contributed by atoms with Gasteiger partial charge in [-0.25, -0.2) is 9.37 Å². The van der Waals surface area contributed by atoms with E-state index in [1.807, 2.05) is 29.2 Å². The number of H-pyrrole nitrogens is 2. The molecule has 1 fully saturated rings. The molecule has 2 N–H and O–H groups in total. The monoisotopic (exact) mass is 517 g/mol. The van der Waals surface area contributed by atoms with Crippen molar-refractivity contribution in [2.75, 3.05) is 13.1 Å². The lowest BCUT2D eigenvalue weighted by Gasteiger charge is -2.33. The van der Waals surface area contributed by atoms with Crippen LogP contribution in [0.25, 0.3) is 17.0 Å². The number of aryl methyl sites for hydroxylation is 1. The zero-order valence-corrected chi connectivity index (χ0v) is 22.4. The number of aromatic nitrogens is 4. The van der Waals surface area contributed by atoms with Crippen molar-refractivity contribution in [2.45, 2.75) is 59.3 Å². The number of imidazole rings is 1. The van der Waals surface area contributed by atoms with Crippen molar-refractivity contribution in [1.82, 2.24) is 24.6 Å². The lowest BCUT2D eigenvalue weighted by Crippen LogP contribution is -2.40. The number of amides is 1. The summed E-state index contributed by atoms with van der Waals surface area (Å²) < 4.78 is 14.9. The van der Waals surface area contributed by atoms with E-state index < -0.39 is 0 Å². The van der Waals surface area contributed by atoms with Crippen LogP contribution in [-0.2, 0) is 24.1 Å². The lowest BCUT2D eigenvalue weighted by molar-refractivity contribution is -0.134. The third-order valence-corrected chi connectivity index (χ3v) is 7.38. The second-order valence-electron chi connectivity index (χ2n) is 11.7. The molecular formula is C30H36FN5O2. The summed E-state index contributed by atoms with van der Waals surface area (Å²) in [6, 6.07) is 14.1. The van der Waals surface area contributed by atoms with Crippen molar-refractivity contribution in [3.63, 3.8) is 0 Å². The largest absolute Gasteiger partial charge is 0.343 e. The number of piperidine rings is 1. The number of carbonyl (C=O) groups is 1.